The first-order valence-corrected chi connectivity index (χ1v) is 7.98. The average molecular weight is 312 g/mol. The van der Waals surface area contributed by atoms with Gasteiger partial charge in [0, 0.05) is 17.8 Å². The fourth-order valence-electron chi connectivity index (χ4n) is 2.11. The van der Waals surface area contributed by atoms with Crippen molar-refractivity contribution in [3.63, 3.8) is 0 Å². The summed E-state index contributed by atoms with van der Waals surface area (Å²) in [6, 6.07) is 14.9. The third-order valence-electron chi connectivity index (χ3n) is 3.71. The molecule has 122 valence electrons. The summed E-state index contributed by atoms with van der Waals surface area (Å²) in [6.45, 7) is 4.69. The Morgan fingerprint density at radius 3 is 2.39 bits per heavy atom. The number of nitrogens with one attached hydrogen (secondary N) is 1. The van der Waals surface area contributed by atoms with Gasteiger partial charge in [-0.25, -0.2) is 0 Å². The first-order chi connectivity index (χ1) is 11.1. The molecule has 0 heterocycles. The van der Waals surface area contributed by atoms with E-state index in [9.17, 15) is 4.79 Å². The molecule has 0 aliphatic rings. The first kappa shape index (κ1) is 16.9. The van der Waals surface area contributed by atoms with E-state index in [2.05, 4.69) is 12.2 Å². The monoisotopic (exact) mass is 312 g/mol. The number of nitrogens with two attached hydrogens (primary N) is 1. The number of anilines is 1. The van der Waals surface area contributed by atoms with E-state index in [1.165, 1.54) is 0 Å². The van der Waals surface area contributed by atoms with Crippen LogP contribution in [0.15, 0.2) is 48.5 Å². The highest BCUT2D eigenvalue weighted by atomic mass is 16.5. The van der Waals surface area contributed by atoms with Crippen LogP contribution in [0.4, 0.5) is 5.69 Å². The van der Waals surface area contributed by atoms with Crippen LogP contribution in [0, 0.1) is 0 Å². The van der Waals surface area contributed by atoms with E-state index in [0.717, 1.165) is 29.8 Å². The van der Waals surface area contributed by atoms with E-state index in [-0.39, 0.29) is 12.0 Å². The largest absolute Gasteiger partial charge is 0.491 e. The molecule has 0 saturated heterocycles. The molecule has 0 fully saturated rings. The third kappa shape index (κ3) is 5.33. The van der Waals surface area contributed by atoms with Gasteiger partial charge in [0.25, 0.3) is 5.91 Å². The summed E-state index contributed by atoms with van der Waals surface area (Å²) in [5, 5.41) is 2.92. The summed E-state index contributed by atoms with van der Waals surface area (Å²) in [5.41, 5.74) is 8.19. The van der Waals surface area contributed by atoms with Gasteiger partial charge in [-0.2, -0.15) is 0 Å². The van der Waals surface area contributed by atoms with E-state index in [1.807, 2.05) is 43.3 Å². The number of ether oxygens (including phenoxy) is 1. The Labute approximate surface area is 137 Å². The van der Waals surface area contributed by atoms with Gasteiger partial charge < -0.3 is 15.8 Å². The fourth-order valence-corrected chi connectivity index (χ4v) is 2.11. The molecule has 1 amide bonds. The molecular formula is C19H24N2O2. The molecule has 0 spiro atoms. The lowest BCUT2D eigenvalue weighted by Crippen LogP contribution is -2.25. The van der Waals surface area contributed by atoms with Crippen molar-refractivity contribution in [3.05, 3.63) is 59.7 Å². The minimum atomic E-state index is -0.0736. The molecule has 2 aromatic carbocycles. The standard InChI is InChI=1S/C19H24N2O2/c1-3-14(2)23-18-10-6-16(7-11-18)19(22)21-13-12-15-4-8-17(20)9-5-15/h4-11,14H,3,12-13,20H2,1-2H3,(H,21,22). The van der Waals surface area contributed by atoms with Gasteiger partial charge in [-0.05, 0) is 61.7 Å². The van der Waals surface area contributed by atoms with Crippen molar-refractivity contribution in [2.45, 2.75) is 32.8 Å². The van der Waals surface area contributed by atoms with E-state index in [1.54, 1.807) is 12.1 Å². The Balaban J connectivity index is 1.82. The topological polar surface area (TPSA) is 64.3 Å². The molecule has 2 aromatic rings. The maximum atomic E-state index is 12.1. The van der Waals surface area contributed by atoms with Crippen molar-refractivity contribution in [1.29, 1.82) is 0 Å². The summed E-state index contributed by atoms with van der Waals surface area (Å²) < 4.78 is 5.70. The summed E-state index contributed by atoms with van der Waals surface area (Å²) in [4.78, 5) is 12.1. The number of benzene rings is 2. The Morgan fingerprint density at radius 1 is 1.13 bits per heavy atom. The lowest BCUT2D eigenvalue weighted by atomic mass is 10.1. The molecular weight excluding hydrogens is 288 g/mol. The third-order valence-corrected chi connectivity index (χ3v) is 3.71. The molecule has 4 nitrogen and oxygen atoms in total. The average Bonchev–Trinajstić information content (AvgIpc) is 2.57. The number of hydrogen-bond acceptors (Lipinski definition) is 3. The number of nitrogen functional groups attached to an aromatic ring is 1. The van der Waals surface area contributed by atoms with Crippen LogP contribution in [0.25, 0.3) is 0 Å². The van der Waals surface area contributed by atoms with Crippen LogP contribution in [0.1, 0.15) is 36.2 Å². The molecule has 1 unspecified atom stereocenters. The van der Waals surface area contributed by atoms with Crippen LogP contribution in [-0.4, -0.2) is 18.6 Å². The second-order valence-corrected chi connectivity index (χ2v) is 5.61. The van der Waals surface area contributed by atoms with Gasteiger partial charge in [0.2, 0.25) is 0 Å². The van der Waals surface area contributed by atoms with Gasteiger partial charge in [0.15, 0.2) is 0 Å². The molecule has 0 saturated carbocycles. The molecule has 0 aliphatic heterocycles. The van der Waals surface area contributed by atoms with Crippen molar-refractivity contribution in [2.24, 2.45) is 0 Å². The molecule has 3 N–H and O–H groups in total. The number of hydrogen-bond donors (Lipinski definition) is 2. The normalized spacial score (nSPS) is 11.7. The molecule has 0 bridgehead atoms. The Hall–Kier alpha value is -2.49. The number of carbonyl (C=O) groups excluding carboxylic acids is 1. The predicted octanol–water partition coefficient (Wildman–Crippen LogP) is 3.42. The molecule has 1 atom stereocenters. The smallest absolute Gasteiger partial charge is 0.251 e. The highest BCUT2D eigenvalue weighted by Gasteiger charge is 2.06. The van der Waals surface area contributed by atoms with Crippen LogP contribution in [-0.2, 0) is 6.42 Å². The van der Waals surface area contributed by atoms with Crippen LogP contribution >= 0.6 is 0 Å². The molecule has 0 radical (unpaired) electrons. The van der Waals surface area contributed by atoms with Crippen LogP contribution in [0.3, 0.4) is 0 Å². The number of rotatable bonds is 7. The van der Waals surface area contributed by atoms with Gasteiger partial charge in [-0.3, -0.25) is 4.79 Å². The van der Waals surface area contributed by atoms with E-state index in [4.69, 9.17) is 10.5 Å². The lowest BCUT2D eigenvalue weighted by Gasteiger charge is -2.12. The highest BCUT2D eigenvalue weighted by molar-refractivity contribution is 5.94. The number of carbonyl (C=O) groups is 1. The maximum absolute atomic E-state index is 12.1. The van der Waals surface area contributed by atoms with Gasteiger partial charge in [-0.1, -0.05) is 19.1 Å². The lowest BCUT2D eigenvalue weighted by molar-refractivity contribution is 0.0954. The highest BCUT2D eigenvalue weighted by Crippen LogP contribution is 2.15. The summed E-state index contributed by atoms with van der Waals surface area (Å²) in [7, 11) is 0. The molecule has 0 aliphatic carbocycles. The van der Waals surface area contributed by atoms with E-state index >= 15 is 0 Å². The zero-order valence-electron chi connectivity index (χ0n) is 13.7. The summed E-state index contributed by atoms with van der Waals surface area (Å²) in [6.07, 6.45) is 1.91. The van der Waals surface area contributed by atoms with Gasteiger partial charge >= 0.3 is 0 Å². The van der Waals surface area contributed by atoms with E-state index < -0.39 is 0 Å². The SMILES string of the molecule is CCC(C)Oc1ccc(C(=O)NCCc2ccc(N)cc2)cc1. The van der Waals surface area contributed by atoms with Gasteiger partial charge in [-0.15, -0.1) is 0 Å². The quantitative estimate of drug-likeness (QED) is 0.770. The van der Waals surface area contributed by atoms with Crippen molar-refractivity contribution in [3.8, 4) is 5.75 Å². The Morgan fingerprint density at radius 2 is 1.78 bits per heavy atom. The summed E-state index contributed by atoms with van der Waals surface area (Å²) in [5.74, 6) is 0.716. The fraction of sp³-hybridized carbons (Fsp3) is 0.316. The van der Waals surface area contributed by atoms with E-state index in [0.29, 0.717) is 12.1 Å². The number of amides is 1. The van der Waals surface area contributed by atoms with Crippen molar-refractivity contribution in [1.82, 2.24) is 5.32 Å². The molecule has 0 aromatic heterocycles. The molecule has 23 heavy (non-hydrogen) atoms. The molecule has 4 heteroatoms. The Kier molecular flexibility index (Phi) is 6.03. The van der Waals surface area contributed by atoms with Crippen molar-refractivity contribution >= 4 is 11.6 Å². The van der Waals surface area contributed by atoms with Gasteiger partial charge in [0.05, 0.1) is 6.10 Å². The first-order valence-electron chi connectivity index (χ1n) is 7.98. The van der Waals surface area contributed by atoms with Crippen molar-refractivity contribution < 1.29 is 9.53 Å². The van der Waals surface area contributed by atoms with Crippen LogP contribution in [0.2, 0.25) is 0 Å². The Bertz CT molecular complexity index is 621. The second-order valence-electron chi connectivity index (χ2n) is 5.61. The second kappa shape index (κ2) is 8.22. The predicted molar refractivity (Wildman–Crippen MR) is 93.7 cm³/mol. The minimum absolute atomic E-state index is 0.0736. The molecule has 2 rings (SSSR count). The van der Waals surface area contributed by atoms with Crippen LogP contribution in [0.5, 0.6) is 5.75 Å². The summed E-state index contributed by atoms with van der Waals surface area (Å²) >= 11 is 0. The van der Waals surface area contributed by atoms with Crippen LogP contribution < -0.4 is 15.8 Å². The minimum Gasteiger partial charge on any atom is -0.491 e. The zero-order valence-corrected chi connectivity index (χ0v) is 13.7. The maximum Gasteiger partial charge on any atom is 0.251 e. The van der Waals surface area contributed by atoms with Crippen molar-refractivity contribution in [2.75, 3.05) is 12.3 Å². The zero-order chi connectivity index (χ0) is 16.7. The van der Waals surface area contributed by atoms with Gasteiger partial charge in [0.1, 0.15) is 5.75 Å².